The number of hydrogen-bond acceptors (Lipinski definition) is 3. The van der Waals surface area contributed by atoms with Crippen molar-refractivity contribution in [1.29, 1.82) is 0 Å². The molecule has 0 radical (unpaired) electrons. The predicted octanol–water partition coefficient (Wildman–Crippen LogP) is 1.30. The lowest BCUT2D eigenvalue weighted by Gasteiger charge is -2.34. The lowest BCUT2D eigenvalue weighted by molar-refractivity contribution is -0.135. The van der Waals surface area contributed by atoms with Crippen LogP contribution in [0.5, 0.6) is 0 Å². The summed E-state index contributed by atoms with van der Waals surface area (Å²) >= 11 is 5.59. The monoisotopic (exact) mass is 262 g/mol. The van der Waals surface area contributed by atoms with Crippen LogP contribution in [0.2, 0.25) is 0 Å². The third kappa shape index (κ3) is 4.42. The van der Waals surface area contributed by atoms with Gasteiger partial charge >= 0.3 is 6.09 Å². The van der Waals surface area contributed by atoms with E-state index < -0.39 is 11.7 Å². The van der Waals surface area contributed by atoms with Gasteiger partial charge in [0.05, 0.1) is 0 Å². The minimum Gasteiger partial charge on any atom is -0.444 e. The summed E-state index contributed by atoms with van der Waals surface area (Å²) in [6.45, 7) is 7.03. The van der Waals surface area contributed by atoms with Gasteiger partial charge in [0.25, 0.3) is 0 Å². The fourth-order valence-electron chi connectivity index (χ4n) is 1.53. The molecule has 6 heteroatoms. The fourth-order valence-corrected chi connectivity index (χ4v) is 1.73. The van der Waals surface area contributed by atoms with Gasteiger partial charge in [0.1, 0.15) is 12.1 Å². The van der Waals surface area contributed by atoms with E-state index in [0.717, 1.165) is 0 Å². The zero-order valence-electron chi connectivity index (χ0n) is 10.5. The molecule has 0 aliphatic carbocycles. The average Bonchev–Trinajstić information content (AvgIpc) is 2.18. The minimum atomic E-state index is -0.534. The Labute approximate surface area is 107 Å². The van der Waals surface area contributed by atoms with Gasteiger partial charge in [-0.15, -0.1) is 11.6 Å². The molecule has 2 amide bonds. The van der Waals surface area contributed by atoms with Gasteiger partial charge < -0.3 is 9.64 Å². The number of hydrogen-bond donors (Lipinski definition) is 0. The molecule has 1 fully saturated rings. The standard InChI is InChI=1S/C11H19ClN2O3/c1-11(2,3)17-10(16)14-7-6-13(5-4-12)9(15)8-14/h4-8H2,1-3H3. The van der Waals surface area contributed by atoms with Crippen LogP contribution in [0.1, 0.15) is 20.8 Å². The summed E-state index contributed by atoms with van der Waals surface area (Å²) in [4.78, 5) is 26.5. The maximum absolute atomic E-state index is 11.7. The molecule has 0 bridgehead atoms. The summed E-state index contributed by atoms with van der Waals surface area (Å²) < 4.78 is 5.21. The second-order valence-corrected chi connectivity index (χ2v) is 5.35. The van der Waals surface area contributed by atoms with E-state index in [2.05, 4.69) is 0 Å². The van der Waals surface area contributed by atoms with Crippen LogP contribution < -0.4 is 0 Å². The number of alkyl halides is 1. The molecule has 0 atom stereocenters. The van der Waals surface area contributed by atoms with Gasteiger partial charge in [-0.1, -0.05) is 0 Å². The van der Waals surface area contributed by atoms with Gasteiger partial charge in [0, 0.05) is 25.5 Å². The van der Waals surface area contributed by atoms with Crippen LogP contribution in [-0.4, -0.2) is 59.5 Å². The zero-order chi connectivity index (χ0) is 13.1. The van der Waals surface area contributed by atoms with Gasteiger partial charge in [0.2, 0.25) is 5.91 Å². The quantitative estimate of drug-likeness (QED) is 0.705. The van der Waals surface area contributed by atoms with Crippen LogP contribution in [0.25, 0.3) is 0 Å². The maximum Gasteiger partial charge on any atom is 0.410 e. The van der Waals surface area contributed by atoms with Crippen molar-refractivity contribution >= 4 is 23.6 Å². The molecule has 0 aromatic carbocycles. The first kappa shape index (κ1) is 14.1. The number of piperazine rings is 1. The molecule has 0 unspecified atom stereocenters. The molecule has 17 heavy (non-hydrogen) atoms. The maximum atomic E-state index is 11.7. The van der Waals surface area contributed by atoms with Crippen LogP contribution in [0.4, 0.5) is 4.79 Å². The molecular weight excluding hydrogens is 244 g/mol. The van der Waals surface area contributed by atoms with Gasteiger partial charge in [-0.3, -0.25) is 9.69 Å². The summed E-state index contributed by atoms with van der Waals surface area (Å²) in [6.07, 6.45) is -0.434. The van der Waals surface area contributed by atoms with E-state index in [-0.39, 0.29) is 12.5 Å². The number of rotatable bonds is 2. The Morgan fingerprint density at radius 1 is 1.41 bits per heavy atom. The normalized spacial score (nSPS) is 17.3. The first-order valence-electron chi connectivity index (χ1n) is 5.65. The second kappa shape index (κ2) is 5.58. The summed E-state index contributed by atoms with van der Waals surface area (Å²) in [5, 5.41) is 0. The molecule has 98 valence electrons. The molecule has 0 saturated carbocycles. The van der Waals surface area contributed by atoms with Gasteiger partial charge in [-0.05, 0) is 20.8 Å². The Morgan fingerprint density at radius 3 is 2.53 bits per heavy atom. The van der Waals surface area contributed by atoms with E-state index in [1.165, 1.54) is 4.90 Å². The summed E-state index contributed by atoms with van der Waals surface area (Å²) in [7, 11) is 0. The molecule has 1 rings (SSSR count). The first-order valence-corrected chi connectivity index (χ1v) is 6.18. The number of ether oxygens (including phenoxy) is 1. The van der Waals surface area contributed by atoms with E-state index in [1.807, 2.05) is 0 Å². The largest absolute Gasteiger partial charge is 0.444 e. The van der Waals surface area contributed by atoms with Crippen LogP contribution >= 0.6 is 11.6 Å². The number of carbonyl (C=O) groups excluding carboxylic acids is 2. The summed E-state index contributed by atoms with van der Waals surface area (Å²) in [5.41, 5.74) is -0.534. The number of nitrogens with zero attached hydrogens (tertiary/aromatic N) is 2. The summed E-state index contributed by atoms with van der Waals surface area (Å²) in [5.74, 6) is 0.334. The Balaban J connectivity index is 2.49. The van der Waals surface area contributed by atoms with E-state index in [0.29, 0.717) is 25.5 Å². The molecule has 0 spiro atoms. The van der Waals surface area contributed by atoms with Crippen molar-refractivity contribution in [2.75, 3.05) is 32.1 Å². The van der Waals surface area contributed by atoms with Gasteiger partial charge in [-0.25, -0.2) is 4.79 Å². The molecular formula is C11H19ClN2O3. The smallest absolute Gasteiger partial charge is 0.410 e. The van der Waals surface area contributed by atoms with Crippen LogP contribution in [0.3, 0.4) is 0 Å². The lowest BCUT2D eigenvalue weighted by atomic mass is 10.2. The van der Waals surface area contributed by atoms with E-state index in [4.69, 9.17) is 16.3 Å². The van der Waals surface area contributed by atoms with Gasteiger partial charge in [0.15, 0.2) is 0 Å². The van der Waals surface area contributed by atoms with Crippen molar-refractivity contribution in [3.63, 3.8) is 0 Å². The number of halogens is 1. The van der Waals surface area contributed by atoms with Crippen molar-refractivity contribution in [2.24, 2.45) is 0 Å². The molecule has 5 nitrogen and oxygen atoms in total. The minimum absolute atomic E-state index is 0.0752. The molecule has 1 saturated heterocycles. The first-order chi connectivity index (χ1) is 7.83. The van der Waals surface area contributed by atoms with Crippen LogP contribution in [-0.2, 0) is 9.53 Å². The number of amides is 2. The SMILES string of the molecule is CC(C)(C)OC(=O)N1CCN(CCCl)C(=O)C1. The Morgan fingerprint density at radius 2 is 2.06 bits per heavy atom. The van der Waals surface area contributed by atoms with Crippen LogP contribution in [0.15, 0.2) is 0 Å². The number of carbonyl (C=O) groups is 2. The molecule has 1 heterocycles. The second-order valence-electron chi connectivity index (χ2n) is 4.97. The van der Waals surface area contributed by atoms with E-state index in [1.54, 1.807) is 25.7 Å². The summed E-state index contributed by atoms with van der Waals surface area (Å²) in [6, 6.07) is 0. The Kier molecular flexibility index (Phi) is 4.62. The van der Waals surface area contributed by atoms with Crippen molar-refractivity contribution in [3.8, 4) is 0 Å². The third-order valence-electron chi connectivity index (χ3n) is 2.32. The van der Waals surface area contributed by atoms with Crippen molar-refractivity contribution in [1.82, 2.24) is 9.80 Å². The Hall–Kier alpha value is -0.970. The fraction of sp³-hybridized carbons (Fsp3) is 0.818. The third-order valence-corrected chi connectivity index (χ3v) is 2.49. The molecule has 0 N–H and O–H groups in total. The highest BCUT2D eigenvalue weighted by Crippen LogP contribution is 2.12. The van der Waals surface area contributed by atoms with E-state index in [9.17, 15) is 9.59 Å². The lowest BCUT2D eigenvalue weighted by Crippen LogP contribution is -2.53. The van der Waals surface area contributed by atoms with Crippen molar-refractivity contribution in [3.05, 3.63) is 0 Å². The van der Waals surface area contributed by atoms with Crippen LogP contribution in [0, 0.1) is 0 Å². The molecule has 1 aliphatic heterocycles. The topological polar surface area (TPSA) is 49.9 Å². The molecule has 1 aliphatic rings. The average molecular weight is 263 g/mol. The Bertz CT molecular complexity index is 302. The predicted molar refractivity (Wildman–Crippen MR) is 65.1 cm³/mol. The van der Waals surface area contributed by atoms with Gasteiger partial charge in [-0.2, -0.15) is 0 Å². The van der Waals surface area contributed by atoms with Crippen molar-refractivity contribution < 1.29 is 14.3 Å². The highest BCUT2D eigenvalue weighted by molar-refractivity contribution is 6.18. The van der Waals surface area contributed by atoms with E-state index >= 15 is 0 Å². The van der Waals surface area contributed by atoms with Crippen molar-refractivity contribution in [2.45, 2.75) is 26.4 Å². The zero-order valence-corrected chi connectivity index (χ0v) is 11.3. The highest BCUT2D eigenvalue weighted by Gasteiger charge is 2.29. The molecule has 0 aromatic heterocycles. The molecule has 0 aromatic rings. The highest BCUT2D eigenvalue weighted by atomic mass is 35.5.